The van der Waals surface area contributed by atoms with Gasteiger partial charge in [-0.25, -0.2) is 0 Å². The molecule has 2 saturated carbocycles. The van der Waals surface area contributed by atoms with Gasteiger partial charge in [0.05, 0.1) is 18.2 Å². The molecule has 0 bridgehead atoms. The van der Waals surface area contributed by atoms with E-state index >= 15 is 0 Å². The first-order valence-corrected chi connectivity index (χ1v) is 6.21. The number of pyridine rings is 1. The summed E-state index contributed by atoms with van der Waals surface area (Å²) in [6.07, 6.45) is 4.87. The molecule has 2 aliphatic carbocycles. The van der Waals surface area contributed by atoms with Crippen LogP contribution in [0.25, 0.3) is 0 Å². The molecule has 1 aromatic rings. The van der Waals surface area contributed by atoms with Gasteiger partial charge in [-0.05, 0) is 31.4 Å². The maximum absolute atomic E-state index is 12.2. The molecule has 3 rings (SSSR count). The minimum Gasteiger partial charge on any atom is -0.334 e. The van der Waals surface area contributed by atoms with Crippen molar-refractivity contribution in [3.8, 4) is 0 Å². The van der Waals surface area contributed by atoms with Crippen LogP contribution in [0.3, 0.4) is 0 Å². The van der Waals surface area contributed by atoms with Gasteiger partial charge < -0.3 is 10.6 Å². The van der Waals surface area contributed by atoms with Crippen LogP contribution in [0.1, 0.15) is 25.0 Å². The zero-order valence-electron chi connectivity index (χ0n) is 9.75. The molecule has 0 radical (unpaired) electrons. The fourth-order valence-corrected chi connectivity index (χ4v) is 2.15. The molecule has 2 aliphatic rings. The van der Waals surface area contributed by atoms with E-state index in [4.69, 9.17) is 5.73 Å². The Labute approximate surface area is 101 Å². The Morgan fingerprint density at radius 3 is 2.76 bits per heavy atom. The van der Waals surface area contributed by atoms with Crippen LogP contribution in [0, 0.1) is 5.92 Å². The van der Waals surface area contributed by atoms with Crippen LogP contribution in [-0.4, -0.2) is 27.9 Å². The molecule has 90 valence electrons. The van der Waals surface area contributed by atoms with Gasteiger partial charge in [-0.2, -0.15) is 0 Å². The van der Waals surface area contributed by atoms with E-state index in [9.17, 15) is 4.79 Å². The lowest BCUT2D eigenvalue weighted by Gasteiger charge is -2.22. The minimum absolute atomic E-state index is 0.0688. The van der Waals surface area contributed by atoms with Gasteiger partial charge in [0.15, 0.2) is 0 Å². The van der Waals surface area contributed by atoms with Gasteiger partial charge in [0.25, 0.3) is 0 Å². The molecule has 2 unspecified atom stereocenters. The Morgan fingerprint density at radius 1 is 1.47 bits per heavy atom. The number of carbonyl (C=O) groups is 1. The van der Waals surface area contributed by atoms with Crippen molar-refractivity contribution in [2.45, 2.75) is 37.9 Å². The summed E-state index contributed by atoms with van der Waals surface area (Å²) in [4.78, 5) is 18.5. The summed E-state index contributed by atoms with van der Waals surface area (Å²) >= 11 is 0. The highest BCUT2D eigenvalue weighted by Gasteiger charge is 2.45. The number of hydrogen-bond donors (Lipinski definition) is 1. The van der Waals surface area contributed by atoms with Gasteiger partial charge in [-0.1, -0.05) is 6.07 Å². The van der Waals surface area contributed by atoms with E-state index in [0.29, 0.717) is 12.6 Å². The molecule has 17 heavy (non-hydrogen) atoms. The zero-order valence-corrected chi connectivity index (χ0v) is 9.75. The predicted molar refractivity (Wildman–Crippen MR) is 63.9 cm³/mol. The first kappa shape index (κ1) is 10.7. The van der Waals surface area contributed by atoms with E-state index in [1.807, 2.05) is 23.1 Å². The highest BCUT2D eigenvalue weighted by molar-refractivity contribution is 5.83. The van der Waals surface area contributed by atoms with Crippen LogP contribution < -0.4 is 5.73 Å². The molecule has 0 spiro atoms. The largest absolute Gasteiger partial charge is 0.334 e. The summed E-state index contributed by atoms with van der Waals surface area (Å²) in [5, 5.41) is 0. The van der Waals surface area contributed by atoms with Gasteiger partial charge in [0.1, 0.15) is 0 Å². The van der Waals surface area contributed by atoms with Crippen LogP contribution >= 0.6 is 0 Å². The van der Waals surface area contributed by atoms with Crippen LogP contribution in [0.4, 0.5) is 0 Å². The molecule has 1 amide bonds. The normalized spacial score (nSPS) is 26.6. The molecule has 0 aromatic carbocycles. The number of hydrogen-bond acceptors (Lipinski definition) is 3. The second-order valence-corrected chi connectivity index (χ2v) is 5.02. The van der Waals surface area contributed by atoms with Gasteiger partial charge in [0.2, 0.25) is 5.91 Å². The predicted octanol–water partition coefficient (Wildman–Crippen LogP) is 0.920. The summed E-state index contributed by atoms with van der Waals surface area (Å²) in [5.74, 6) is 0.296. The molecule has 4 heteroatoms. The Kier molecular flexibility index (Phi) is 2.59. The van der Waals surface area contributed by atoms with Crippen LogP contribution in [0.15, 0.2) is 24.4 Å². The van der Waals surface area contributed by atoms with Crippen LogP contribution in [0.2, 0.25) is 0 Å². The van der Waals surface area contributed by atoms with E-state index in [-0.39, 0.29) is 17.9 Å². The number of amides is 1. The van der Waals surface area contributed by atoms with E-state index in [1.54, 1.807) is 6.20 Å². The fraction of sp³-hybridized carbons (Fsp3) is 0.538. The third-order valence-corrected chi connectivity index (χ3v) is 3.49. The molecule has 1 aromatic heterocycles. The average Bonchev–Trinajstić information content (AvgIpc) is 3.22. The van der Waals surface area contributed by atoms with Gasteiger partial charge >= 0.3 is 0 Å². The van der Waals surface area contributed by atoms with Crippen LogP contribution in [-0.2, 0) is 11.3 Å². The van der Waals surface area contributed by atoms with Crippen LogP contribution in [0.5, 0.6) is 0 Å². The third kappa shape index (κ3) is 2.31. The Morgan fingerprint density at radius 2 is 2.24 bits per heavy atom. The lowest BCUT2D eigenvalue weighted by atomic mass is 10.2. The van der Waals surface area contributed by atoms with Gasteiger partial charge in [-0.3, -0.25) is 9.78 Å². The molecule has 0 aliphatic heterocycles. The van der Waals surface area contributed by atoms with E-state index in [2.05, 4.69) is 4.98 Å². The number of carbonyl (C=O) groups excluding carboxylic acids is 1. The third-order valence-electron chi connectivity index (χ3n) is 3.49. The van der Waals surface area contributed by atoms with Crippen molar-refractivity contribution in [1.29, 1.82) is 0 Å². The van der Waals surface area contributed by atoms with Crippen molar-refractivity contribution in [2.75, 3.05) is 0 Å². The summed E-state index contributed by atoms with van der Waals surface area (Å²) in [5.41, 5.74) is 6.72. The summed E-state index contributed by atoms with van der Waals surface area (Å²) < 4.78 is 0. The van der Waals surface area contributed by atoms with E-state index < -0.39 is 0 Å². The molecule has 2 fully saturated rings. The highest BCUT2D eigenvalue weighted by atomic mass is 16.2. The van der Waals surface area contributed by atoms with Crippen molar-refractivity contribution >= 4 is 5.91 Å². The Bertz CT molecular complexity index is 416. The minimum atomic E-state index is 0.0688. The molecule has 4 nitrogen and oxygen atoms in total. The van der Waals surface area contributed by atoms with E-state index in [0.717, 1.165) is 25.0 Å². The lowest BCUT2D eigenvalue weighted by Crippen LogP contribution is -2.35. The Balaban J connectivity index is 1.70. The topological polar surface area (TPSA) is 59.2 Å². The maximum atomic E-state index is 12.2. The van der Waals surface area contributed by atoms with Crippen molar-refractivity contribution in [1.82, 2.24) is 9.88 Å². The zero-order chi connectivity index (χ0) is 11.8. The van der Waals surface area contributed by atoms with Gasteiger partial charge in [-0.15, -0.1) is 0 Å². The SMILES string of the molecule is NC1CC1C(=O)N(Cc1ccccn1)C1CC1. The summed E-state index contributed by atoms with van der Waals surface area (Å²) in [6.45, 7) is 0.632. The molecule has 0 saturated heterocycles. The van der Waals surface area contributed by atoms with Crippen molar-refractivity contribution in [3.05, 3.63) is 30.1 Å². The van der Waals surface area contributed by atoms with E-state index in [1.165, 1.54) is 0 Å². The van der Waals surface area contributed by atoms with Crippen molar-refractivity contribution in [3.63, 3.8) is 0 Å². The number of rotatable bonds is 4. The molecule has 1 heterocycles. The maximum Gasteiger partial charge on any atom is 0.227 e. The quantitative estimate of drug-likeness (QED) is 0.838. The number of nitrogens with zero attached hydrogens (tertiary/aromatic N) is 2. The first-order valence-electron chi connectivity index (χ1n) is 6.21. The molecule has 2 N–H and O–H groups in total. The summed E-state index contributed by atoms with van der Waals surface area (Å²) in [7, 11) is 0. The van der Waals surface area contributed by atoms with Crippen molar-refractivity contribution in [2.24, 2.45) is 11.7 Å². The Hall–Kier alpha value is -1.42. The van der Waals surface area contributed by atoms with Gasteiger partial charge in [0, 0.05) is 18.3 Å². The molecular weight excluding hydrogens is 214 g/mol. The standard InChI is InChI=1S/C13H17N3O/c14-12-7-11(12)13(17)16(10-4-5-10)8-9-3-1-2-6-15-9/h1-3,6,10-12H,4-5,7-8,14H2. The molecular formula is C13H17N3O. The molecule has 2 atom stereocenters. The lowest BCUT2D eigenvalue weighted by molar-refractivity contribution is -0.133. The highest BCUT2D eigenvalue weighted by Crippen LogP contribution is 2.35. The monoisotopic (exact) mass is 231 g/mol. The second kappa shape index (κ2) is 4.11. The smallest absolute Gasteiger partial charge is 0.227 e. The average molecular weight is 231 g/mol. The van der Waals surface area contributed by atoms with Crippen molar-refractivity contribution < 1.29 is 4.79 Å². The second-order valence-electron chi connectivity index (χ2n) is 5.02. The number of nitrogens with two attached hydrogens (primary N) is 1. The fourth-order valence-electron chi connectivity index (χ4n) is 2.15. The summed E-state index contributed by atoms with van der Waals surface area (Å²) in [6, 6.07) is 6.34. The first-order chi connectivity index (χ1) is 8.25. The number of aromatic nitrogens is 1.